The first-order valence-corrected chi connectivity index (χ1v) is 15.5. The number of halogens is 1. The van der Waals surface area contributed by atoms with Crippen molar-refractivity contribution in [1.29, 1.82) is 0 Å². The second kappa shape index (κ2) is 12.0. The highest BCUT2D eigenvalue weighted by molar-refractivity contribution is 7.19. The minimum Gasteiger partial charge on any atom is -0.484 e. The molecule has 1 saturated heterocycles. The molecule has 0 spiro atoms. The number of nitrogens with one attached hydrogen (secondary N) is 1. The van der Waals surface area contributed by atoms with Crippen molar-refractivity contribution in [3.8, 4) is 5.75 Å². The van der Waals surface area contributed by atoms with Gasteiger partial charge in [-0.3, -0.25) is 4.79 Å². The zero-order valence-corrected chi connectivity index (χ0v) is 24.5. The van der Waals surface area contributed by atoms with Crippen LogP contribution in [-0.4, -0.2) is 48.7 Å². The number of rotatable bonds is 7. The Balaban J connectivity index is 0.993. The summed E-state index contributed by atoms with van der Waals surface area (Å²) in [4.78, 5) is 29.1. The van der Waals surface area contributed by atoms with Gasteiger partial charge in [0, 0.05) is 42.4 Å². The zero-order chi connectivity index (χ0) is 29.2. The minimum absolute atomic E-state index is 0.115. The van der Waals surface area contributed by atoms with Crippen molar-refractivity contribution in [1.82, 2.24) is 9.97 Å². The molecule has 5 aromatic rings. The van der Waals surface area contributed by atoms with E-state index in [1.165, 1.54) is 51.3 Å². The Bertz CT molecular complexity index is 1720. The number of thiophene rings is 1. The van der Waals surface area contributed by atoms with E-state index in [0.717, 1.165) is 56.1 Å². The number of para-hydroxylation sites is 1. The summed E-state index contributed by atoms with van der Waals surface area (Å²) < 4.78 is 18.8. The number of carbonyl (C=O) groups is 1. The first-order valence-electron chi connectivity index (χ1n) is 14.7. The molecule has 0 bridgehead atoms. The smallest absolute Gasteiger partial charge is 0.262 e. The molecule has 7 rings (SSSR count). The molecule has 1 amide bonds. The van der Waals surface area contributed by atoms with Crippen LogP contribution in [0.2, 0.25) is 0 Å². The molecule has 0 radical (unpaired) electrons. The molecule has 1 unspecified atom stereocenters. The maximum atomic E-state index is 13.1. The van der Waals surface area contributed by atoms with E-state index in [0.29, 0.717) is 17.4 Å². The van der Waals surface area contributed by atoms with Crippen molar-refractivity contribution >= 4 is 44.7 Å². The number of anilines is 3. The third-order valence-electron chi connectivity index (χ3n) is 8.38. The highest BCUT2D eigenvalue weighted by Crippen LogP contribution is 2.43. The summed E-state index contributed by atoms with van der Waals surface area (Å²) in [5, 5.41) is 3.96. The molecule has 9 heteroatoms. The van der Waals surface area contributed by atoms with Gasteiger partial charge in [-0.25, -0.2) is 14.4 Å². The number of amides is 1. The van der Waals surface area contributed by atoms with Gasteiger partial charge < -0.3 is 19.9 Å². The van der Waals surface area contributed by atoms with E-state index in [1.807, 2.05) is 23.5 Å². The van der Waals surface area contributed by atoms with E-state index in [4.69, 9.17) is 9.72 Å². The molecule has 2 aliphatic rings. The van der Waals surface area contributed by atoms with Gasteiger partial charge in [0.15, 0.2) is 6.61 Å². The maximum absolute atomic E-state index is 13.1. The molecule has 3 aromatic carbocycles. The molecule has 1 aliphatic carbocycles. The molecule has 43 heavy (non-hydrogen) atoms. The van der Waals surface area contributed by atoms with Crippen LogP contribution in [0.15, 0.2) is 85.2 Å². The number of nitrogens with zero attached hydrogens (tertiary/aromatic N) is 4. The Hall–Kier alpha value is -4.50. The van der Waals surface area contributed by atoms with E-state index >= 15 is 0 Å². The monoisotopic (exact) mass is 593 g/mol. The summed E-state index contributed by atoms with van der Waals surface area (Å²) in [6, 6.07) is 24.4. The van der Waals surface area contributed by atoms with Gasteiger partial charge in [0.05, 0.1) is 5.39 Å². The zero-order valence-electron chi connectivity index (χ0n) is 23.7. The largest absolute Gasteiger partial charge is 0.484 e. The van der Waals surface area contributed by atoms with E-state index in [9.17, 15) is 9.18 Å². The van der Waals surface area contributed by atoms with Crippen LogP contribution < -0.4 is 19.9 Å². The van der Waals surface area contributed by atoms with Gasteiger partial charge >= 0.3 is 0 Å². The van der Waals surface area contributed by atoms with Crippen molar-refractivity contribution in [3.05, 3.63) is 107 Å². The first-order chi connectivity index (χ1) is 21.1. The van der Waals surface area contributed by atoms with Crippen LogP contribution >= 0.6 is 11.3 Å². The number of carbonyl (C=O) groups excluding carboxylic acids is 1. The van der Waals surface area contributed by atoms with Crippen LogP contribution in [0.1, 0.15) is 28.3 Å². The molecule has 2 aromatic heterocycles. The molecule has 218 valence electrons. The standard InChI is InChI=1S/C34H32FN5O2S/c35-25-9-11-26(12-10-25)38-31(41)21-42-28-13-6-23(7-14-28)24-8-15-29-30(20-24)43-34-32(29)33(36-22-37-34)40-18-16-39(17-19-40)27-4-2-1-3-5-27/h1-7,9-14,22,24H,8,15-21H2,(H,38,41). The third-order valence-corrected chi connectivity index (χ3v) is 9.54. The van der Waals surface area contributed by atoms with Crippen LogP contribution in [0.3, 0.4) is 0 Å². The third kappa shape index (κ3) is 5.90. The fraction of sp³-hybridized carbons (Fsp3) is 0.265. The van der Waals surface area contributed by atoms with E-state index in [2.05, 4.69) is 62.6 Å². The van der Waals surface area contributed by atoms with E-state index in [-0.39, 0.29) is 18.3 Å². The Labute approximate surface area is 254 Å². The van der Waals surface area contributed by atoms with Gasteiger partial charge in [-0.2, -0.15) is 0 Å². The minimum atomic E-state index is -0.345. The number of aromatic nitrogens is 2. The van der Waals surface area contributed by atoms with Crippen LogP contribution in [-0.2, 0) is 17.6 Å². The molecule has 1 atom stereocenters. The van der Waals surface area contributed by atoms with Crippen LogP contribution in [0.5, 0.6) is 5.75 Å². The number of fused-ring (bicyclic) bond motifs is 3. The first kappa shape index (κ1) is 27.3. The molecule has 1 aliphatic heterocycles. The predicted octanol–water partition coefficient (Wildman–Crippen LogP) is 6.45. The van der Waals surface area contributed by atoms with E-state index < -0.39 is 0 Å². The number of hydrogen-bond donors (Lipinski definition) is 1. The summed E-state index contributed by atoms with van der Waals surface area (Å²) in [7, 11) is 0. The fourth-order valence-electron chi connectivity index (χ4n) is 6.15. The average molecular weight is 594 g/mol. The number of ether oxygens (including phenoxy) is 1. The van der Waals surface area contributed by atoms with Crippen LogP contribution in [0.4, 0.5) is 21.6 Å². The second-order valence-corrected chi connectivity index (χ2v) is 12.1. The molecule has 1 fully saturated rings. The molecular weight excluding hydrogens is 561 g/mol. The molecule has 0 saturated carbocycles. The van der Waals surface area contributed by atoms with Crippen molar-refractivity contribution in [2.75, 3.05) is 47.9 Å². The van der Waals surface area contributed by atoms with Gasteiger partial charge in [0.1, 0.15) is 28.5 Å². The predicted molar refractivity (Wildman–Crippen MR) is 170 cm³/mol. The topological polar surface area (TPSA) is 70.6 Å². The molecular formula is C34H32FN5O2S. The Morgan fingerprint density at radius 2 is 1.67 bits per heavy atom. The lowest BCUT2D eigenvalue weighted by atomic mass is 9.83. The number of aryl methyl sites for hydroxylation is 1. The maximum Gasteiger partial charge on any atom is 0.262 e. The van der Waals surface area contributed by atoms with Gasteiger partial charge in [-0.05, 0) is 84.8 Å². The molecule has 1 N–H and O–H groups in total. The number of benzene rings is 3. The van der Waals surface area contributed by atoms with Crippen molar-refractivity contribution in [2.24, 2.45) is 0 Å². The van der Waals surface area contributed by atoms with Crippen molar-refractivity contribution in [2.45, 2.75) is 25.2 Å². The highest BCUT2D eigenvalue weighted by Gasteiger charge is 2.28. The lowest BCUT2D eigenvalue weighted by Crippen LogP contribution is -2.46. The second-order valence-electron chi connectivity index (χ2n) is 11.0. The summed E-state index contributed by atoms with van der Waals surface area (Å²) in [5.74, 6) is 1.51. The van der Waals surface area contributed by atoms with Crippen molar-refractivity contribution < 1.29 is 13.9 Å². The fourth-order valence-corrected chi connectivity index (χ4v) is 7.41. The average Bonchev–Trinajstić information content (AvgIpc) is 3.44. The lowest BCUT2D eigenvalue weighted by Gasteiger charge is -2.37. The van der Waals surface area contributed by atoms with Gasteiger partial charge in [0.2, 0.25) is 0 Å². The summed E-state index contributed by atoms with van der Waals surface area (Å²) in [6.45, 7) is 3.72. The van der Waals surface area contributed by atoms with Gasteiger partial charge in [-0.1, -0.05) is 30.3 Å². The van der Waals surface area contributed by atoms with Gasteiger partial charge in [0.25, 0.3) is 5.91 Å². The van der Waals surface area contributed by atoms with Crippen LogP contribution in [0, 0.1) is 5.82 Å². The number of piperazine rings is 1. The Kier molecular flexibility index (Phi) is 7.64. The molecule has 3 heterocycles. The highest BCUT2D eigenvalue weighted by atomic mass is 32.1. The quantitative estimate of drug-likeness (QED) is 0.234. The Morgan fingerprint density at radius 1 is 0.930 bits per heavy atom. The SMILES string of the molecule is O=C(COc1ccc(C2CCc3c(sc4ncnc(N5CCN(c6ccccc6)CC5)c34)C2)cc1)Nc1ccc(F)cc1. The van der Waals surface area contributed by atoms with Crippen LogP contribution in [0.25, 0.3) is 10.2 Å². The van der Waals surface area contributed by atoms with Gasteiger partial charge in [-0.15, -0.1) is 11.3 Å². The lowest BCUT2D eigenvalue weighted by molar-refractivity contribution is -0.118. The summed E-state index contributed by atoms with van der Waals surface area (Å²) in [6.07, 6.45) is 4.78. The number of hydrogen-bond acceptors (Lipinski definition) is 7. The summed E-state index contributed by atoms with van der Waals surface area (Å²) >= 11 is 1.81. The summed E-state index contributed by atoms with van der Waals surface area (Å²) in [5.41, 5.74) is 4.51. The normalized spacial score (nSPS) is 16.6. The molecule has 7 nitrogen and oxygen atoms in total. The Morgan fingerprint density at radius 3 is 2.44 bits per heavy atom. The van der Waals surface area contributed by atoms with E-state index in [1.54, 1.807) is 6.33 Å². The van der Waals surface area contributed by atoms with Crippen molar-refractivity contribution in [3.63, 3.8) is 0 Å².